The Bertz CT molecular complexity index is 151. The van der Waals surface area contributed by atoms with Crippen molar-refractivity contribution in [1.29, 1.82) is 0 Å². The molecule has 5 heteroatoms. The van der Waals surface area contributed by atoms with E-state index >= 15 is 0 Å². The molecule has 0 heterocycles. The number of hydrogen-bond acceptors (Lipinski definition) is 2. The first-order chi connectivity index (χ1) is 5.34. The number of carbonyl (C=O) groups is 1. The fraction of sp³-hybridized carbons (Fsp3) is 0.857. The Balaban J connectivity index is 3.59. The number of rotatable bonds is 4. The lowest BCUT2D eigenvalue weighted by molar-refractivity contribution is -0.175. The van der Waals surface area contributed by atoms with Gasteiger partial charge < -0.3 is 4.74 Å². The molecule has 0 saturated carbocycles. The predicted octanol–water partition coefficient (Wildman–Crippen LogP) is 1.79. The second kappa shape index (κ2) is 4.45. The number of Topliss-reactive ketones (excluding diaryl/α,β-unsaturated/α-hetero) is 1. The number of ether oxygens (including phenoxy) is 1. The van der Waals surface area contributed by atoms with Crippen molar-refractivity contribution in [1.82, 2.24) is 0 Å². The summed E-state index contributed by atoms with van der Waals surface area (Å²) < 4.78 is 39.1. The highest BCUT2D eigenvalue weighted by molar-refractivity contribution is 5.85. The van der Waals surface area contributed by atoms with Crippen molar-refractivity contribution in [2.24, 2.45) is 5.92 Å². The maximum atomic E-state index is 11.5. The minimum Gasteiger partial charge on any atom is -0.373 e. The van der Waals surface area contributed by atoms with Crippen molar-refractivity contribution in [3.63, 3.8) is 0 Å². The highest BCUT2D eigenvalue weighted by Gasteiger charge is 2.37. The van der Waals surface area contributed by atoms with E-state index in [1.807, 2.05) is 0 Å². The smallest absolute Gasteiger partial charge is 0.373 e. The molecule has 0 rings (SSSR count). The zero-order chi connectivity index (χ0) is 9.78. The number of carbonyl (C=O) groups excluding carboxylic acids is 1. The monoisotopic (exact) mass is 184 g/mol. The highest BCUT2D eigenvalue weighted by atomic mass is 19.4. The standard InChI is InChI=1S/C7H11F3O2/c1-5(2)3-12-4-6(11)7(8,9)10/h5H,3-4H2,1-2H3. The third-order valence-electron chi connectivity index (χ3n) is 1.00. The van der Waals surface area contributed by atoms with Gasteiger partial charge in [0.1, 0.15) is 6.61 Å². The van der Waals surface area contributed by atoms with Crippen LogP contribution in [0.15, 0.2) is 0 Å². The van der Waals surface area contributed by atoms with Gasteiger partial charge in [0.2, 0.25) is 0 Å². The van der Waals surface area contributed by atoms with Gasteiger partial charge in [-0.2, -0.15) is 13.2 Å². The molecule has 0 aliphatic heterocycles. The van der Waals surface area contributed by atoms with Crippen molar-refractivity contribution < 1.29 is 22.7 Å². The van der Waals surface area contributed by atoms with Gasteiger partial charge in [0.05, 0.1) is 0 Å². The third-order valence-corrected chi connectivity index (χ3v) is 1.00. The lowest BCUT2D eigenvalue weighted by Crippen LogP contribution is -2.27. The van der Waals surface area contributed by atoms with Crippen molar-refractivity contribution in [3.8, 4) is 0 Å². The Labute approximate surface area is 68.7 Å². The van der Waals surface area contributed by atoms with E-state index in [4.69, 9.17) is 0 Å². The maximum Gasteiger partial charge on any atom is 0.452 e. The summed E-state index contributed by atoms with van der Waals surface area (Å²) in [5.41, 5.74) is 0. The van der Waals surface area contributed by atoms with Gasteiger partial charge in [-0.05, 0) is 5.92 Å². The summed E-state index contributed by atoms with van der Waals surface area (Å²) in [7, 11) is 0. The van der Waals surface area contributed by atoms with E-state index in [-0.39, 0.29) is 12.5 Å². The fourth-order valence-electron chi connectivity index (χ4n) is 0.469. The molecule has 0 atom stereocenters. The van der Waals surface area contributed by atoms with Crippen LogP contribution < -0.4 is 0 Å². The van der Waals surface area contributed by atoms with E-state index in [1.54, 1.807) is 13.8 Å². The Morgan fingerprint density at radius 3 is 2.25 bits per heavy atom. The Morgan fingerprint density at radius 1 is 1.42 bits per heavy atom. The molecule has 0 spiro atoms. The van der Waals surface area contributed by atoms with E-state index in [0.717, 1.165) is 0 Å². The minimum absolute atomic E-state index is 0.131. The van der Waals surface area contributed by atoms with Crippen LogP contribution in [0.3, 0.4) is 0 Å². The van der Waals surface area contributed by atoms with Gasteiger partial charge in [-0.15, -0.1) is 0 Å². The average molecular weight is 184 g/mol. The van der Waals surface area contributed by atoms with Crippen molar-refractivity contribution in [2.75, 3.05) is 13.2 Å². The van der Waals surface area contributed by atoms with Gasteiger partial charge in [-0.3, -0.25) is 4.79 Å². The summed E-state index contributed by atoms with van der Waals surface area (Å²) in [5.74, 6) is -1.70. The van der Waals surface area contributed by atoms with Gasteiger partial charge in [0, 0.05) is 6.61 Å². The number of halogens is 3. The van der Waals surface area contributed by atoms with E-state index in [0.29, 0.717) is 0 Å². The van der Waals surface area contributed by atoms with Gasteiger partial charge >= 0.3 is 6.18 Å². The molecule has 0 radical (unpaired) electrons. The molecular formula is C7H11F3O2. The van der Waals surface area contributed by atoms with Crippen LogP contribution in [0, 0.1) is 5.92 Å². The lowest BCUT2D eigenvalue weighted by atomic mass is 10.2. The molecule has 0 aromatic rings. The first-order valence-electron chi connectivity index (χ1n) is 3.51. The molecule has 0 aromatic heterocycles. The molecule has 0 aliphatic rings. The van der Waals surface area contributed by atoms with Crippen LogP contribution in [-0.2, 0) is 9.53 Å². The first-order valence-corrected chi connectivity index (χ1v) is 3.51. The van der Waals surface area contributed by atoms with E-state index in [9.17, 15) is 18.0 Å². The molecule has 0 aromatic carbocycles. The van der Waals surface area contributed by atoms with Gasteiger partial charge in [0.25, 0.3) is 5.78 Å². The largest absolute Gasteiger partial charge is 0.452 e. The summed E-state index contributed by atoms with van der Waals surface area (Å²) in [6, 6.07) is 0. The molecule has 0 aliphatic carbocycles. The number of alkyl halides is 3. The summed E-state index contributed by atoms with van der Waals surface area (Å²) in [4.78, 5) is 10.2. The fourth-order valence-corrected chi connectivity index (χ4v) is 0.469. The zero-order valence-corrected chi connectivity index (χ0v) is 6.94. The first kappa shape index (κ1) is 11.4. The van der Waals surface area contributed by atoms with Crippen molar-refractivity contribution >= 4 is 5.78 Å². The molecule has 0 bridgehead atoms. The average Bonchev–Trinajstić information content (AvgIpc) is 1.84. The summed E-state index contributed by atoms with van der Waals surface area (Å²) in [5, 5.41) is 0. The third kappa shape index (κ3) is 5.12. The molecule has 0 fully saturated rings. The van der Waals surface area contributed by atoms with Crippen LogP contribution in [0.25, 0.3) is 0 Å². The maximum absolute atomic E-state index is 11.5. The Kier molecular flexibility index (Phi) is 4.23. The van der Waals surface area contributed by atoms with Crippen LogP contribution >= 0.6 is 0 Å². The number of ketones is 1. The topological polar surface area (TPSA) is 26.3 Å². The molecule has 2 nitrogen and oxygen atoms in total. The molecule has 0 saturated heterocycles. The Hall–Kier alpha value is -0.580. The molecule has 0 N–H and O–H groups in total. The van der Waals surface area contributed by atoms with Crippen molar-refractivity contribution in [3.05, 3.63) is 0 Å². The molecule has 0 unspecified atom stereocenters. The SMILES string of the molecule is CC(C)COCC(=O)C(F)(F)F. The second-order valence-electron chi connectivity index (χ2n) is 2.83. The summed E-state index contributed by atoms with van der Waals surface area (Å²) >= 11 is 0. The van der Waals surface area contributed by atoms with Gasteiger partial charge in [0.15, 0.2) is 0 Å². The summed E-state index contributed by atoms with van der Waals surface area (Å²) in [6.45, 7) is 2.87. The normalized spacial score (nSPS) is 12.2. The van der Waals surface area contributed by atoms with Crippen LogP contribution in [0.1, 0.15) is 13.8 Å². The van der Waals surface area contributed by atoms with Crippen LogP contribution in [0.4, 0.5) is 13.2 Å². The quantitative estimate of drug-likeness (QED) is 0.665. The van der Waals surface area contributed by atoms with Gasteiger partial charge in [-0.25, -0.2) is 0 Å². The molecular weight excluding hydrogens is 173 g/mol. The Morgan fingerprint density at radius 2 is 1.92 bits per heavy atom. The number of hydrogen-bond donors (Lipinski definition) is 0. The summed E-state index contributed by atoms with van der Waals surface area (Å²) in [6.07, 6.45) is -4.77. The van der Waals surface area contributed by atoms with Crippen LogP contribution in [0.2, 0.25) is 0 Å². The van der Waals surface area contributed by atoms with Crippen LogP contribution in [0.5, 0.6) is 0 Å². The minimum atomic E-state index is -4.77. The van der Waals surface area contributed by atoms with Gasteiger partial charge in [-0.1, -0.05) is 13.8 Å². The highest BCUT2D eigenvalue weighted by Crippen LogP contribution is 2.15. The van der Waals surface area contributed by atoms with E-state index in [2.05, 4.69) is 4.74 Å². The predicted molar refractivity (Wildman–Crippen MR) is 36.7 cm³/mol. The molecule has 0 amide bonds. The van der Waals surface area contributed by atoms with Crippen LogP contribution in [-0.4, -0.2) is 25.2 Å². The van der Waals surface area contributed by atoms with E-state index in [1.165, 1.54) is 0 Å². The zero-order valence-electron chi connectivity index (χ0n) is 6.94. The van der Waals surface area contributed by atoms with E-state index < -0.39 is 18.6 Å². The van der Waals surface area contributed by atoms with Crippen molar-refractivity contribution in [2.45, 2.75) is 20.0 Å². The molecule has 72 valence electrons. The molecule has 12 heavy (non-hydrogen) atoms. The second-order valence-corrected chi connectivity index (χ2v) is 2.83. The lowest BCUT2D eigenvalue weighted by Gasteiger charge is -2.07.